The molecular formula is C38H22N4O. The normalized spacial score (nSPS) is 11.7. The Morgan fingerprint density at radius 1 is 0.442 bits per heavy atom. The van der Waals surface area contributed by atoms with Crippen molar-refractivity contribution < 1.29 is 4.42 Å². The summed E-state index contributed by atoms with van der Waals surface area (Å²) in [7, 11) is 0. The molecule has 0 N–H and O–H groups in total. The monoisotopic (exact) mass is 550 g/mol. The van der Waals surface area contributed by atoms with E-state index < -0.39 is 0 Å². The van der Waals surface area contributed by atoms with Gasteiger partial charge in [-0.25, -0.2) is 15.0 Å². The number of furan rings is 1. The van der Waals surface area contributed by atoms with Gasteiger partial charge in [-0.2, -0.15) is 0 Å². The fraction of sp³-hybridized carbons (Fsp3) is 0. The van der Waals surface area contributed by atoms with Crippen molar-refractivity contribution in [2.45, 2.75) is 0 Å². The SMILES string of the molecule is c1ccc2cc(-c3nc(-c4ccc5ccccc5c4)nc(-c4cc5oc6cccnc6c5c5ccccc45)n3)ccc2c1. The van der Waals surface area contributed by atoms with Crippen molar-refractivity contribution in [2.75, 3.05) is 0 Å². The smallest absolute Gasteiger partial charge is 0.164 e. The van der Waals surface area contributed by atoms with Gasteiger partial charge in [0.2, 0.25) is 0 Å². The van der Waals surface area contributed by atoms with Gasteiger partial charge in [-0.1, -0.05) is 97.1 Å². The first kappa shape index (κ1) is 23.7. The third-order valence-corrected chi connectivity index (χ3v) is 8.13. The van der Waals surface area contributed by atoms with E-state index in [2.05, 4.69) is 102 Å². The Labute approximate surface area is 246 Å². The summed E-state index contributed by atoms with van der Waals surface area (Å²) in [5, 5.41) is 7.69. The van der Waals surface area contributed by atoms with E-state index in [0.29, 0.717) is 17.5 Å². The van der Waals surface area contributed by atoms with Crippen LogP contribution in [0.25, 0.3) is 88.5 Å². The van der Waals surface area contributed by atoms with E-state index in [-0.39, 0.29) is 0 Å². The minimum atomic E-state index is 0.591. The molecular weight excluding hydrogens is 528 g/mol. The second-order valence-electron chi connectivity index (χ2n) is 10.7. The molecule has 0 bridgehead atoms. The highest BCUT2D eigenvalue weighted by atomic mass is 16.3. The van der Waals surface area contributed by atoms with E-state index in [4.69, 9.17) is 19.4 Å². The molecule has 200 valence electrons. The first-order valence-electron chi connectivity index (χ1n) is 14.2. The summed E-state index contributed by atoms with van der Waals surface area (Å²) in [6.07, 6.45) is 1.80. The molecule has 0 aliphatic heterocycles. The van der Waals surface area contributed by atoms with Crippen LogP contribution in [0.5, 0.6) is 0 Å². The number of benzene rings is 6. The summed E-state index contributed by atoms with van der Waals surface area (Å²) >= 11 is 0. The maximum atomic E-state index is 6.32. The summed E-state index contributed by atoms with van der Waals surface area (Å²) in [5.74, 6) is 1.83. The molecule has 9 aromatic rings. The highest BCUT2D eigenvalue weighted by Gasteiger charge is 2.19. The van der Waals surface area contributed by atoms with Gasteiger partial charge in [0.25, 0.3) is 0 Å². The van der Waals surface area contributed by atoms with Crippen LogP contribution in [0.2, 0.25) is 0 Å². The van der Waals surface area contributed by atoms with Crippen molar-refractivity contribution in [3.8, 4) is 34.2 Å². The number of pyridine rings is 1. The molecule has 0 radical (unpaired) electrons. The van der Waals surface area contributed by atoms with Crippen LogP contribution in [0.4, 0.5) is 0 Å². The summed E-state index contributed by atoms with van der Waals surface area (Å²) in [6, 6.07) is 43.5. The van der Waals surface area contributed by atoms with Crippen molar-refractivity contribution in [3.05, 3.63) is 134 Å². The van der Waals surface area contributed by atoms with E-state index in [1.807, 2.05) is 30.3 Å². The lowest BCUT2D eigenvalue weighted by molar-refractivity contribution is 0.668. The second kappa shape index (κ2) is 9.29. The molecule has 0 aliphatic rings. The summed E-state index contributed by atoms with van der Waals surface area (Å²) in [5.41, 5.74) is 5.11. The molecule has 0 saturated heterocycles. The van der Waals surface area contributed by atoms with Crippen molar-refractivity contribution in [1.29, 1.82) is 0 Å². The maximum absolute atomic E-state index is 6.32. The highest BCUT2D eigenvalue weighted by Crippen LogP contribution is 2.39. The van der Waals surface area contributed by atoms with Crippen molar-refractivity contribution >= 4 is 54.4 Å². The Balaban J connectivity index is 1.34. The van der Waals surface area contributed by atoms with Crippen LogP contribution in [0, 0.1) is 0 Å². The van der Waals surface area contributed by atoms with Crippen LogP contribution in [0.1, 0.15) is 0 Å². The number of fused-ring (bicyclic) bond motifs is 7. The molecule has 9 rings (SSSR count). The van der Waals surface area contributed by atoms with E-state index >= 15 is 0 Å². The van der Waals surface area contributed by atoms with Crippen molar-refractivity contribution in [2.24, 2.45) is 0 Å². The number of aromatic nitrogens is 4. The Morgan fingerprint density at radius 3 is 1.70 bits per heavy atom. The first-order chi connectivity index (χ1) is 21.3. The van der Waals surface area contributed by atoms with Crippen LogP contribution in [-0.2, 0) is 0 Å². The zero-order valence-electron chi connectivity index (χ0n) is 22.9. The van der Waals surface area contributed by atoms with Gasteiger partial charge < -0.3 is 4.42 Å². The fourth-order valence-corrected chi connectivity index (χ4v) is 6.05. The van der Waals surface area contributed by atoms with Crippen molar-refractivity contribution in [1.82, 2.24) is 19.9 Å². The second-order valence-corrected chi connectivity index (χ2v) is 10.7. The standard InChI is InChI=1S/C38H22N4O/c1-3-10-25-20-27(17-15-23(25)8-1)36-40-37(28-18-16-24-9-2-4-11-26(24)21-28)42-38(41-36)31-22-33-34(30-13-6-5-12-29(30)31)35-32(43-33)14-7-19-39-35/h1-22H. The molecule has 0 atom stereocenters. The third-order valence-electron chi connectivity index (χ3n) is 8.13. The van der Waals surface area contributed by atoms with Gasteiger partial charge in [-0.05, 0) is 62.6 Å². The van der Waals surface area contributed by atoms with Crippen LogP contribution >= 0.6 is 0 Å². The lowest BCUT2D eigenvalue weighted by Crippen LogP contribution is -2.01. The van der Waals surface area contributed by atoms with Gasteiger partial charge in [0.05, 0.1) is 5.39 Å². The van der Waals surface area contributed by atoms with E-state index in [1.165, 1.54) is 10.8 Å². The third kappa shape index (κ3) is 3.86. The van der Waals surface area contributed by atoms with Gasteiger partial charge >= 0.3 is 0 Å². The predicted molar refractivity (Wildman–Crippen MR) is 174 cm³/mol. The average Bonchev–Trinajstić information content (AvgIpc) is 3.46. The molecule has 3 aromatic heterocycles. The summed E-state index contributed by atoms with van der Waals surface area (Å²) in [6.45, 7) is 0. The minimum absolute atomic E-state index is 0.591. The van der Waals surface area contributed by atoms with E-state index in [9.17, 15) is 0 Å². The van der Waals surface area contributed by atoms with Crippen LogP contribution in [-0.4, -0.2) is 19.9 Å². The van der Waals surface area contributed by atoms with Crippen LogP contribution in [0.3, 0.4) is 0 Å². The first-order valence-corrected chi connectivity index (χ1v) is 14.2. The van der Waals surface area contributed by atoms with Gasteiger partial charge in [0.15, 0.2) is 23.1 Å². The van der Waals surface area contributed by atoms with Crippen LogP contribution < -0.4 is 0 Å². The number of hydrogen-bond donors (Lipinski definition) is 0. The Morgan fingerprint density at radius 2 is 1.02 bits per heavy atom. The van der Waals surface area contributed by atoms with E-state index in [1.54, 1.807) is 6.20 Å². The molecule has 43 heavy (non-hydrogen) atoms. The largest absolute Gasteiger partial charge is 0.454 e. The molecule has 0 unspecified atom stereocenters. The topological polar surface area (TPSA) is 64.7 Å². The lowest BCUT2D eigenvalue weighted by Gasteiger charge is -2.11. The molecule has 0 aliphatic carbocycles. The molecule has 5 nitrogen and oxygen atoms in total. The van der Waals surface area contributed by atoms with Crippen molar-refractivity contribution in [3.63, 3.8) is 0 Å². The zero-order chi connectivity index (χ0) is 28.3. The minimum Gasteiger partial charge on any atom is -0.454 e. The molecule has 5 heteroatoms. The van der Waals surface area contributed by atoms with Gasteiger partial charge in [-0.3, -0.25) is 4.98 Å². The average molecular weight is 551 g/mol. The fourth-order valence-electron chi connectivity index (χ4n) is 6.05. The molecule has 0 amide bonds. The molecule has 3 heterocycles. The quantitative estimate of drug-likeness (QED) is 0.219. The Hall–Kier alpha value is -5.94. The number of nitrogens with zero attached hydrogens (tertiary/aromatic N) is 4. The van der Waals surface area contributed by atoms with Crippen LogP contribution in [0.15, 0.2) is 138 Å². The Kier molecular flexibility index (Phi) is 5.13. The highest BCUT2D eigenvalue weighted by molar-refractivity contribution is 6.20. The summed E-state index contributed by atoms with van der Waals surface area (Å²) < 4.78 is 6.32. The molecule has 6 aromatic carbocycles. The lowest BCUT2D eigenvalue weighted by atomic mass is 9.99. The zero-order valence-corrected chi connectivity index (χ0v) is 22.9. The van der Waals surface area contributed by atoms with Gasteiger partial charge in [0, 0.05) is 22.9 Å². The molecule has 0 fully saturated rings. The van der Waals surface area contributed by atoms with Gasteiger partial charge in [0.1, 0.15) is 11.1 Å². The van der Waals surface area contributed by atoms with E-state index in [0.717, 1.165) is 60.3 Å². The molecule has 0 spiro atoms. The maximum Gasteiger partial charge on any atom is 0.164 e. The van der Waals surface area contributed by atoms with Gasteiger partial charge in [-0.15, -0.1) is 0 Å². The number of hydrogen-bond acceptors (Lipinski definition) is 5. The number of rotatable bonds is 3. The predicted octanol–water partition coefficient (Wildman–Crippen LogP) is 9.63. The Bertz CT molecular complexity index is 2430. The summed E-state index contributed by atoms with van der Waals surface area (Å²) in [4.78, 5) is 19.9. The molecule has 0 saturated carbocycles.